The van der Waals surface area contributed by atoms with E-state index in [1.807, 2.05) is 6.08 Å². The van der Waals surface area contributed by atoms with Gasteiger partial charge in [-0.1, -0.05) is 94.8 Å². The highest BCUT2D eigenvalue weighted by molar-refractivity contribution is 5.76. The summed E-state index contributed by atoms with van der Waals surface area (Å²) in [5.74, 6) is -0.355. The van der Waals surface area contributed by atoms with E-state index >= 15 is 0 Å². The van der Waals surface area contributed by atoms with E-state index in [-0.39, 0.29) is 18.9 Å². The van der Waals surface area contributed by atoms with Gasteiger partial charge in [-0.15, -0.1) is 0 Å². The second-order valence-corrected chi connectivity index (χ2v) is 14.0. The Morgan fingerprint density at radius 3 is 2.00 bits per heavy atom. The van der Waals surface area contributed by atoms with Crippen molar-refractivity contribution in [1.82, 2.24) is 5.32 Å². The zero-order valence-corrected chi connectivity index (χ0v) is 31.2. The summed E-state index contributed by atoms with van der Waals surface area (Å²) < 4.78 is 22.4. The number of nitrogens with one attached hydrogen (secondary N) is 1. The van der Waals surface area contributed by atoms with Crippen LogP contribution in [0.2, 0.25) is 0 Å². The summed E-state index contributed by atoms with van der Waals surface area (Å²) in [7, 11) is 0. The number of nitrogens with zero attached hydrogens (tertiary/aromatic N) is 3. The first kappa shape index (κ1) is 47.2. The molecule has 2 rings (SSSR count). The molecular formula is C36H66N4O13. The number of aliphatic hydroxyl groups excluding tert-OH is 8. The van der Waals surface area contributed by atoms with E-state index in [4.69, 9.17) is 24.5 Å². The zero-order valence-electron chi connectivity index (χ0n) is 31.2. The molecule has 0 saturated carbocycles. The van der Waals surface area contributed by atoms with Gasteiger partial charge < -0.3 is 65.1 Å². The Hall–Kier alpha value is -1.96. The number of hydrogen-bond acceptors (Lipinski definition) is 14. The summed E-state index contributed by atoms with van der Waals surface area (Å²) in [6, 6.07) is -0.970. The average molecular weight is 763 g/mol. The molecule has 0 aromatic rings. The minimum atomic E-state index is -1.80. The topological polar surface area (TPSA) is 277 Å². The number of allylic oxidation sites excluding steroid dienone is 1. The number of ether oxygens (including phenoxy) is 4. The molecule has 2 saturated heterocycles. The van der Waals surface area contributed by atoms with Crippen molar-refractivity contribution in [1.29, 1.82) is 0 Å². The zero-order chi connectivity index (χ0) is 39.0. The molecule has 2 aliphatic heterocycles. The van der Waals surface area contributed by atoms with Gasteiger partial charge in [0.1, 0.15) is 48.8 Å². The summed E-state index contributed by atoms with van der Waals surface area (Å²) >= 11 is 0. The monoisotopic (exact) mass is 762 g/mol. The maximum Gasteiger partial charge on any atom is 0.220 e. The van der Waals surface area contributed by atoms with E-state index in [2.05, 4.69) is 22.3 Å². The Morgan fingerprint density at radius 2 is 1.38 bits per heavy atom. The molecule has 0 aromatic carbocycles. The van der Waals surface area contributed by atoms with Gasteiger partial charge in [0.05, 0.1) is 32.0 Å². The van der Waals surface area contributed by atoms with Gasteiger partial charge in [0, 0.05) is 17.9 Å². The molecule has 9 N–H and O–H groups in total. The lowest BCUT2D eigenvalue weighted by atomic mass is 9.97. The van der Waals surface area contributed by atoms with Crippen LogP contribution in [0.5, 0.6) is 0 Å². The van der Waals surface area contributed by atoms with Gasteiger partial charge >= 0.3 is 0 Å². The third-order valence-corrected chi connectivity index (χ3v) is 9.69. The smallest absolute Gasteiger partial charge is 0.220 e. The maximum absolute atomic E-state index is 12.8. The Kier molecular flexibility index (Phi) is 24.6. The van der Waals surface area contributed by atoms with Crippen molar-refractivity contribution in [3.8, 4) is 0 Å². The average Bonchev–Trinajstić information content (AvgIpc) is 3.15. The van der Waals surface area contributed by atoms with Crippen LogP contribution in [-0.4, -0.2) is 147 Å². The Labute approximate surface area is 312 Å². The Balaban J connectivity index is 1.94. The van der Waals surface area contributed by atoms with Crippen LogP contribution >= 0.6 is 0 Å². The highest BCUT2D eigenvalue weighted by Crippen LogP contribution is 2.29. The van der Waals surface area contributed by atoms with E-state index < -0.39 is 86.8 Å². The van der Waals surface area contributed by atoms with Gasteiger partial charge in [-0.05, 0) is 31.2 Å². The van der Waals surface area contributed by atoms with E-state index in [1.54, 1.807) is 6.08 Å². The standard InChI is InChI=1S/C36H66N4O13/c1-2-3-4-5-6-7-8-9-10-11-12-13-15-18-25(43)24(39-28(44)19-16-14-17-20-38-40-37)23-50-35-33(49)31(47)34(27(22-42)52-35)53-36-32(48)30(46)29(45)26(21-41)51-36/h15,18,24-27,29-36,41-43,45-49H,2-14,16-17,19-23H2,1H3,(H,39,44)/b18-15+/t24-,25+,26+,27+,29-,30-,31+,32+,33+,34+,35+,36-/m0/s1. The number of rotatable bonds is 28. The summed E-state index contributed by atoms with van der Waals surface area (Å²) in [6.07, 6.45) is 2.30. The van der Waals surface area contributed by atoms with Gasteiger partial charge in [0.25, 0.3) is 0 Å². The Bertz CT molecular complexity index is 1050. The predicted molar refractivity (Wildman–Crippen MR) is 193 cm³/mol. The van der Waals surface area contributed by atoms with Crippen LogP contribution in [0.25, 0.3) is 10.4 Å². The van der Waals surface area contributed by atoms with Gasteiger partial charge in [0.15, 0.2) is 12.6 Å². The lowest BCUT2D eigenvalue weighted by Crippen LogP contribution is -2.65. The van der Waals surface area contributed by atoms with E-state index in [9.17, 15) is 45.6 Å². The first-order valence-electron chi connectivity index (χ1n) is 19.4. The Morgan fingerprint density at radius 1 is 0.792 bits per heavy atom. The van der Waals surface area contributed by atoms with Crippen molar-refractivity contribution in [2.75, 3.05) is 26.4 Å². The molecule has 1 amide bonds. The molecule has 0 aromatic heterocycles. The fraction of sp³-hybridized carbons (Fsp3) is 0.917. The number of azide groups is 1. The molecule has 12 atom stereocenters. The summed E-state index contributed by atoms with van der Waals surface area (Å²) in [5, 5.41) is 89.1. The molecule has 2 fully saturated rings. The molecule has 0 radical (unpaired) electrons. The largest absolute Gasteiger partial charge is 0.394 e. The minimum absolute atomic E-state index is 0.146. The molecule has 2 aliphatic rings. The van der Waals surface area contributed by atoms with Crippen LogP contribution in [0.3, 0.4) is 0 Å². The van der Waals surface area contributed by atoms with Gasteiger partial charge in [-0.25, -0.2) is 0 Å². The number of unbranched alkanes of at least 4 members (excludes halogenated alkanes) is 13. The molecular weight excluding hydrogens is 696 g/mol. The quantitative estimate of drug-likeness (QED) is 0.0180. The third kappa shape index (κ3) is 17.2. The summed E-state index contributed by atoms with van der Waals surface area (Å²) in [6.45, 7) is 0.743. The fourth-order valence-electron chi connectivity index (χ4n) is 6.38. The SMILES string of the molecule is CCCCCCCCCCCCC/C=C/[C@@H](O)[C@H](CO[C@@H]1O[C@H](CO)[C@@H](O[C@@H]2O[C@H](CO)[C@H](O)[C@H](O)[C@H]2O)[C@H](O)[C@H]1O)NC(=O)CCCCCN=[N+]=[N-]. The number of carbonyl (C=O) groups excluding carboxylic acids is 1. The minimum Gasteiger partial charge on any atom is -0.394 e. The highest BCUT2D eigenvalue weighted by atomic mass is 16.7. The van der Waals surface area contributed by atoms with Crippen molar-refractivity contribution < 1.29 is 64.6 Å². The summed E-state index contributed by atoms with van der Waals surface area (Å²) in [4.78, 5) is 15.5. The van der Waals surface area contributed by atoms with Crippen molar-refractivity contribution in [2.45, 2.75) is 183 Å². The molecule has 308 valence electrons. The van der Waals surface area contributed by atoms with Crippen molar-refractivity contribution >= 4 is 5.91 Å². The van der Waals surface area contributed by atoms with Crippen molar-refractivity contribution in [3.05, 3.63) is 22.6 Å². The lowest BCUT2D eigenvalue weighted by molar-refractivity contribution is -0.359. The summed E-state index contributed by atoms with van der Waals surface area (Å²) in [5.41, 5.74) is 8.42. The van der Waals surface area contributed by atoms with Gasteiger partial charge in [-0.2, -0.15) is 0 Å². The van der Waals surface area contributed by atoms with Crippen LogP contribution in [-0.2, 0) is 23.7 Å². The second-order valence-electron chi connectivity index (χ2n) is 14.0. The van der Waals surface area contributed by atoms with Gasteiger partial charge in [0.2, 0.25) is 5.91 Å². The molecule has 0 unspecified atom stereocenters. The second kappa shape index (κ2) is 27.6. The molecule has 17 nitrogen and oxygen atoms in total. The number of hydrogen-bond donors (Lipinski definition) is 9. The van der Waals surface area contributed by atoms with Crippen LogP contribution in [0.15, 0.2) is 17.3 Å². The van der Waals surface area contributed by atoms with E-state index in [0.717, 1.165) is 25.7 Å². The molecule has 17 heteroatoms. The number of carbonyl (C=O) groups is 1. The first-order valence-corrected chi connectivity index (χ1v) is 19.4. The normalized spacial score (nSPS) is 30.2. The van der Waals surface area contributed by atoms with E-state index in [0.29, 0.717) is 25.8 Å². The molecule has 0 bridgehead atoms. The molecule has 0 aliphatic carbocycles. The van der Waals surface area contributed by atoms with Crippen LogP contribution in [0.4, 0.5) is 0 Å². The van der Waals surface area contributed by atoms with E-state index in [1.165, 1.54) is 51.4 Å². The third-order valence-electron chi connectivity index (χ3n) is 9.69. The fourth-order valence-corrected chi connectivity index (χ4v) is 6.38. The van der Waals surface area contributed by atoms with Crippen LogP contribution < -0.4 is 5.32 Å². The molecule has 2 heterocycles. The first-order chi connectivity index (χ1) is 25.6. The molecule has 53 heavy (non-hydrogen) atoms. The molecule has 0 spiro atoms. The van der Waals surface area contributed by atoms with Crippen molar-refractivity contribution in [2.24, 2.45) is 5.11 Å². The van der Waals surface area contributed by atoms with Crippen LogP contribution in [0.1, 0.15) is 110 Å². The lowest BCUT2D eigenvalue weighted by Gasteiger charge is -2.46. The number of aliphatic hydroxyl groups is 8. The van der Waals surface area contributed by atoms with Crippen LogP contribution in [0, 0.1) is 0 Å². The van der Waals surface area contributed by atoms with Crippen molar-refractivity contribution in [3.63, 3.8) is 0 Å². The highest BCUT2D eigenvalue weighted by Gasteiger charge is 2.50. The van der Waals surface area contributed by atoms with Gasteiger partial charge in [-0.3, -0.25) is 4.79 Å². The maximum atomic E-state index is 12.8. The number of amides is 1. The predicted octanol–water partition coefficient (Wildman–Crippen LogP) is 1.60.